The highest BCUT2D eigenvalue weighted by molar-refractivity contribution is 5.79. The number of likely N-dealkylation sites (tertiary alicyclic amines) is 1. The number of rotatable bonds is 11. The zero-order valence-corrected chi connectivity index (χ0v) is 17.0. The maximum atomic E-state index is 11.7. The molecule has 1 heterocycles. The van der Waals surface area contributed by atoms with E-state index in [1.807, 2.05) is 53.4 Å². The number of hydrogen-bond acceptors (Lipinski definition) is 4. The molecule has 1 N–H and O–H groups in total. The van der Waals surface area contributed by atoms with Gasteiger partial charge in [0.2, 0.25) is 5.91 Å². The monoisotopic (exact) mass is 409 g/mol. The number of carboxylic acid groups (broad SMARTS) is 1. The van der Waals surface area contributed by atoms with Crippen molar-refractivity contribution in [2.45, 2.75) is 32.3 Å². The number of aliphatic carboxylic acids is 1. The van der Waals surface area contributed by atoms with Crippen molar-refractivity contribution in [2.75, 3.05) is 19.7 Å². The third-order valence-corrected chi connectivity index (χ3v) is 4.92. The van der Waals surface area contributed by atoms with E-state index in [1.54, 1.807) is 6.08 Å². The zero-order chi connectivity index (χ0) is 21.2. The van der Waals surface area contributed by atoms with Crippen LogP contribution in [-0.4, -0.2) is 41.6 Å². The highest BCUT2D eigenvalue weighted by Crippen LogP contribution is 2.27. The van der Waals surface area contributed by atoms with Crippen molar-refractivity contribution in [2.24, 2.45) is 0 Å². The number of nitrogens with zero attached hydrogens (tertiary/aromatic N) is 1. The Balaban J connectivity index is 1.63. The van der Waals surface area contributed by atoms with E-state index in [0.29, 0.717) is 44.8 Å². The molecular formula is C24H27NO5. The molecule has 6 heteroatoms. The predicted molar refractivity (Wildman–Crippen MR) is 114 cm³/mol. The Morgan fingerprint density at radius 2 is 1.97 bits per heavy atom. The summed E-state index contributed by atoms with van der Waals surface area (Å²) in [4.78, 5) is 24.2. The standard InChI is InChI=1S/C24H27NO5/c26-23-10-6-14-25(23)15-16-29-21-13-12-20(9-4-5-11-24(27)28)22(17-21)30-18-19-7-2-1-3-8-19/h1-3,5,7-8,11-13,17H,4,6,9-10,14-16,18H2,(H,27,28). The van der Waals surface area contributed by atoms with Gasteiger partial charge in [0.15, 0.2) is 0 Å². The van der Waals surface area contributed by atoms with Gasteiger partial charge in [0.25, 0.3) is 0 Å². The molecule has 0 unspecified atom stereocenters. The summed E-state index contributed by atoms with van der Waals surface area (Å²) in [5.41, 5.74) is 2.05. The van der Waals surface area contributed by atoms with Crippen LogP contribution in [0, 0.1) is 0 Å². The molecule has 1 saturated heterocycles. The zero-order valence-electron chi connectivity index (χ0n) is 17.0. The van der Waals surface area contributed by atoms with Gasteiger partial charge in [0.05, 0.1) is 6.54 Å². The fourth-order valence-corrected chi connectivity index (χ4v) is 3.34. The molecule has 0 aliphatic carbocycles. The number of ether oxygens (including phenoxy) is 2. The summed E-state index contributed by atoms with van der Waals surface area (Å²) in [5.74, 6) is 0.651. The Morgan fingerprint density at radius 1 is 1.13 bits per heavy atom. The molecule has 2 aromatic rings. The van der Waals surface area contributed by atoms with Gasteiger partial charge in [-0.25, -0.2) is 4.79 Å². The summed E-state index contributed by atoms with van der Waals surface area (Å²) in [6.07, 6.45) is 5.61. The highest BCUT2D eigenvalue weighted by atomic mass is 16.5. The van der Waals surface area contributed by atoms with Crippen LogP contribution in [-0.2, 0) is 22.6 Å². The molecule has 1 aliphatic heterocycles. The van der Waals surface area contributed by atoms with Crippen LogP contribution in [0.3, 0.4) is 0 Å². The minimum Gasteiger partial charge on any atom is -0.492 e. The number of benzene rings is 2. The summed E-state index contributed by atoms with van der Waals surface area (Å²) in [6.45, 7) is 2.26. The van der Waals surface area contributed by atoms with Crippen LogP contribution >= 0.6 is 0 Å². The highest BCUT2D eigenvalue weighted by Gasteiger charge is 2.19. The van der Waals surface area contributed by atoms with Crippen LogP contribution in [0.15, 0.2) is 60.7 Å². The number of allylic oxidation sites excluding steroid dienone is 1. The summed E-state index contributed by atoms with van der Waals surface area (Å²) < 4.78 is 11.9. The molecule has 0 bridgehead atoms. The molecule has 30 heavy (non-hydrogen) atoms. The van der Waals surface area contributed by atoms with E-state index in [4.69, 9.17) is 14.6 Å². The molecule has 158 valence electrons. The molecule has 0 aromatic heterocycles. The predicted octanol–water partition coefficient (Wildman–Crippen LogP) is 3.84. The molecule has 3 rings (SSSR count). The maximum Gasteiger partial charge on any atom is 0.327 e. The van der Waals surface area contributed by atoms with E-state index >= 15 is 0 Å². The second-order valence-corrected chi connectivity index (χ2v) is 7.16. The Labute approximate surface area is 176 Å². The second-order valence-electron chi connectivity index (χ2n) is 7.16. The first-order valence-corrected chi connectivity index (χ1v) is 10.2. The topological polar surface area (TPSA) is 76.1 Å². The summed E-state index contributed by atoms with van der Waals surface area (Å²) in [6, 6.07) is 15.6. The van der Waals surface area contributed by atoms with Crippen molar-refractivity contribution in [3.05, 3.63) is 71.8 Å². The average Bonchev–Trinajstić information content (AvgIpc) is 3.16. The smallest absolute Gasteiger partial charge is 0.327 e. The first kappa shape index (κ1) is 21.4. The van der Waals surface area contributed by atoms with Crippen LogP contribution in [0.4, 0.5) is 0 Å². The van der Waals surface area contributed by atoms with Crippen LogP contribution < -0.4 is 9.47 Å². The van der Waals surface area contributed by atoms with E-state index in [9.17, 15) is 9.59 Å². The van der Waals surface area contributed by atoms with E-state index in [2.05, 4.69) is 0 Å². The van der Waals surface area contributed by atoms with Crippen molar-refractivity contribution in [1.82, 2.24) is 4.90 Å². The number of aryl methyl sites for hydroxylation is 1. The number of hydrogen-bond donors (Lipinski definition) is 1. The molecule has 1 amide bonds. The lowest BCUT2D eigenvalue weighted by molar-refractivity contribution is -0.131. The Hall–Kier alpha value is -3.28. The van der Waals surface area contributed by atoms with Crippen molar-refractivity contribution in [3.63, 3.8) is 0 Å². The van der Waals surface area contributed by atoms with E-state index in [1.165, 1.54) is 0 Å². The SMILES string of the molecule is O=C(O)C=CCCc1ccc(OCCN2CCCC2=O)cc1OCc1ccccc1. The van der Waals surface area contributed by atoms with Crippen molar-refractivity contribution in [1.29, 1.82) is 0 Å². The third kappa shape index (κ3) is 6.65. The Bertz CT molecular complexity index is 878. The van der Waals surface area contributed by atoms with Gasteiger partial charge in [-0.1, -0.05) is 42.5 Å². The van der Waals surface area contributed by atoms with E-state index in [0.717, 1.165) is 35.9 Å². The van der Waals surface area contributed by atoms with Crippen LogP contribution in [0.2, 0.25) is 0 Å². The number of carbonyl (C=O) groups excluding carboxylic acids is 1. The van der Waals surface area contributed by atoms with Gasteiger partial charge in [-0.15, -0.1) is 0 Å². The fraction of sp³-hybridized carbons (Fsp3) is 0.333. The van der Waals surface area contributed by atoms with E-state index in [-0.39, 0.29) is 5.91 Å². The lowest BCUT2D eigenvalue weighted by Crippen LogP contribution is -2.29. The first-order chi connectivity index (χ1) is 14.6. The van der Waals surface area contributed by atoms with Gasteiger partial charge >= 0.3 is 5.97 Å². The summed E-state index contributed by atoms with van der Waals surface area (Å²) in [5, 5.41) is 8.74. The molecule has 0 atom stereocenters. The quantitative estimate of drug-likeness (QED) is 0.571. The lowest BCUT2D eigenvalue weighted by Gasteiger charge is -2.17. The van der Waals surface area contributed by atoms with Crippen LogP contribution in [0.5, 0.6) is 11.5 Å². The molecule has 0 saturated carbocycles. The number of carboxylic acids is 1. The molecule has 1 aliphatic rings. The fourth-order valence-electron chi connectivity index (χ4n) is 3.34. The lowest BCUT2D eigenvalue weighted by atomic mass is 10.1. The second kappa shape index (κ2) is 11.0. The molecule has 2 aromatic carbocycles. The Kier molecular flexibility index (Phi) is 7.89. The summed E-state index contributed by atoms with van der Waals surface area (Å²) >= 11 is 0. The minimum atomic E-state index is -0.948. The number of carbonyl (C=O) groups is 2. The molecular weight excluding hydrogens is 382 g/mol. The van der Waals surface area contributed by atoms with Crippen molar-refractivity contribution < 1.29 is 24.2 Å². The van der Waals surface area contributed by atoms with Gasteiger partial charge in [-0.05, 0) is 36.5 Å². The molecule has 1 fully saturated rings. The van der Waals surface area contributed by atoms with E-state index < -0.39 is 5.97 Å². The van der Waals surface area contributed by atoms with Gasteiger partial charge in [0.1, 0.15) is 24.7 Å². The van der Waals surface area contributed by atoms with Gasteiger partial charge in [0, 0.05) is 25.1 Å². The molecule has 6 nitrogen and oxygen atoms in total. The third-order valence-electron chi connectivity index (χ3n) is 4.92. The van der Waals surface area contributed by atoms with Gasteiger partial charge in [-0.3, -0.25) is 4.79 Å². The summed E-state index contributed by atoms with van der Waals surface area (Å²) in [7, 11) is 0. The average molecular weight is 409 g/mol. The Morgan fingerprint density at radius 3 is 2.70 bits per heavy atom. The first-order valence-electron chi connectivity index (χ1n) is 10.2. The molecule has 0 spiro atoms. The minimum absolute atomic E-state index is 0.190. The van der Waals surface area contributed by atoms with Crippen LogP contribution in [0.1, 0.15) is 30.4 Å². The number of amides is 1. The normalized spacial score (nSPS) is 13.7. The van der Waals surface area contributed by atoms with Gasteiger partial charge < -0.3 is 19.5 Å². The van der Waals surface area contributed by atoms with Crippen molar-refractivity contribution in [3.8, 4) is 11.5 Å². The maximum absolute atomic E-state index is 11.7. The van der Waals surface area contributed by atoms with Crippen molar-refractivity contribution >= 4 is 11.9 Å². The van der Waals surface area contributed by atoms with Crippen LogP contribution in [0.25, 0.3) is 0 Å². The largest absolute Gasteiger partial charge is 0.492 e. The molecule has 0 radical (unpaired) electrons. The van der Waals surface area contributed by atoms with Gasteiger partial charge in [-0.2, -0.15) is 0 Å².